The van der Waals surface area contributed by atoms with Gasteiger partial charge >= 0.3 is 0 Å². The molecule has 0 amide bonds. The maximum atomic E-state index is 5.85. The maximum absolute atomic E-state index is 5.85. The summed E-state index contributed by atoms with van der Waals surface area (Å²) in [6.45, 7) is 10.7. The van der Waals surface area contributed by atoms with Crippen LogP contribution in [-0.2, 0) is 11.3 Å². The van der Waals surface area contributed by atoms with E-state index in [1.165, 1.54) is 0 Å². The van der Waals surface area contributed by atoms with Gasteiger partial charge in [0.1, 0.15) is 18.1 Å². The first kappa shape index (κ1) is 17.8. The summed E-state index contributed by atoms with van der Waals surface area (Å²) in [5.41, 5.74) is 1.16. The molecular formula is C17H29NO3. The first-order chi connectivity index (χ1) is 10.3. The van der Waals surface area contributed by atoms with Gasteiger partial charge in [0.25, 0.3) is 0 Å². The molecule has 1 rings (SSSR count). The molecule has 1 aromatic rings. The van der Waals surface area contributed by atoms with Crippen LogP contribution in [0.15, 0.2) is 18.2 Å². The van der Waals surface area contributed by atoms with E-state index in [-0.39, 0.29) is 0 Å². The molecule has 0 unspecified atom stereocenters. The van der Waals surface area contributed by atoms with E-state index in [1.807, 2.05) is 19.1 Å². The standard InChI is InChI=1S/C17H29NO3/c1-4-9-18-14-15-7-8-16(20-10-5-2)13-17(15)21-12-11-19-6-3/h7-8,13,18H,4-6,9-12,14H2,1-3H3. The lowest BCUT2D eigenvalue weighted by atomic mass is 10.2. The highest BCUT2D eigenvalue weighted by Gasteiger charge is 2.06. The second-order valence-electron chi connectivity index (χ2n) is 4.84. The van der Waals surface area contributed by atoms with Gasteiger partial charge < -0.3 is 19.5 Å². The first-order valence-electron chi connectivity index (χ1n) is 7.98. The smallest absolute Gasteiger partial charge is 0.127 e. The summed E-state index contributed by atoms with van der Waals surface area (Å²) in [4.78, 5) is 0. The van der Waals surface area contributed by atoms with Gasteiger partial charge in [-0.2, -0.15) is 0 Å². The van der Waals surface area contributed by atoms with E-state index in [1.54, 1.807) is 0 Å². The molecule has 0 aromatic heterocycles. The Hall–Kier alpha value is -1.26. The van der Waals surface area contributed by atoms with E-state index < -0.39 is 0 Å². The third-order valence-electron chi connectivity index (χ3n) is 2.94. The van der Waals surface area contributed by atoms with Crippen LogP contribution in [0.5, 0.6) is 11.5 Å². The number of hydrogen-bond acceptors (Lipinski definition) is 4. The minimum atomic E-state index is 0.561. The Balaban J connectivity index is 2.64. The van der Waals surface area contributed by atoms with Gasteiger partial charge in [-0.15, -0.1) is 0 Å². The number of hydrogen-bond donors (Lipinski definition) is 1. The number of rotatable bonds is 12. The van der Waals surface area contributed by atoms with Gasteiger partial charge in [0.05, 0.1) is 13.2 Å². The van der Waals surface area contributed by atoms with Crippen LogP contribution < -0.4 is 14.8 Å². The molecule has 120 valence electrons. The van der Waals surface area contributed by atoms with Gasteiger partial charge in [0, 0.05) is 24.8 Å². The molecule has 0 fully saturated rings. The third-order valence-corrected chi connectivity index (χ3v) is 2.94. The van der Waals surface area contributed by atoms with Crippen LogP contribution in [0.25, 0.3) is 0 Å². The van der Waals surface area contributed by atoms with Crippen molar-refractivity contribution in [2.45, 2.75) is 40.2 Å². The van der Waals surface area contributed by atoms with Gasteiger partial charge in [-0.3, -0.25) is 0 Å². The molecule has 1 aromatic carbocycles. The second kappa shape index (κ2) is 11.4. The average molecular weight is 295 g/mol. The summed E-state index contributed by atoms with van der Waals surface area (Å²) in [6, 6.07) is 6.06. The Labute approximate surface area is 128 Å². The molecule has 1 N–H and O–H groups in total. The minimum absolute atomic E-state index is 0.561. The third kappa shape index (κ3) is 7.34. The van der Waals surface area contributed by atoms with Gasteiger partial charge in [0.2, 0.25) is 0 Å². The van der Waals surface area contributed by atoms with Crippen LogP contribution in [0.1, 0.15) is 39.2 Å². The van der Waals surface area contributed by atoms with Gasteiger partial charge in [0.15, 0.2) is 0 Å². The lowest BCUT2D eigenvalue weighted by Gasteiger charge is -2.14. The van der Waals surface area contributed by atoms with Crippen LogP contribution in [0.3, 0.4) is 0 Å². The fourth-order valence-corrected chi connectivity index (χ4v) is 1.88. The fraction of sp³-hybridized carbons (Fsp3) is 0.647. The quantitative estimate of drug-likeness (QED) is 0.600. The zero-order chi connectivity index (χ0) is 15.3. The summed E-state index contributed by atoms with van der Waals surface area (Å²) in [5.74, 6) is 1.74. The molecule has 0 bridgehead atoms. The molecule has 0 heterocycles. The van der Waals surface area contributed by atoms with E-state index in [2.05, 4.69) is 25.2 Å². The Morgan fingerprint density at radius 2 is 1.81 bits per heavy atom. The summed E-state index contributed by atoms with van der Waals surface area (Å²) >= 11 is 0. The molecule has 4 nitrogen and oxygen atoms in total. The van der Waals surface area contributed by atoms with Crippen LogP contribution in [0, 0.1) is 0 Å². The molecular weight excluding hydrogens is 266 g/mol. The van der Waals surface area contributed by atoms with Crippen molar-refractivity contribution in [1.82, 2.24) is 5.32 Å². The largest absolute Gasteiger partial charge is 0.493 e. The first-order valence-corrected chi connectivity index (χ1v) is 7.98. The number of benzene rings is 1. The highest BCUT2D eigenvalue weighted by Crippen LogP contribution is 2.25. The topological polar surface area (TPSA) is 39.7 Å². The molecule has 0 aliphatic heterocycles. The van der Waals surface area contributed by atoms with E-state index >= 15 is 0 Å². The lowest BCUT2D eigenvalue weighted by Crippen LogP contribution is -2.15. The van der Waals surface area contributed by atoms with Gasteiger partial charge in [-0.05, 0) is 32.4 Å². The highest BCUT2D eigenvalue weighted by atomic mass is 16.5. The summed E-state index contributed by atoms with van der Waals surface area (Å²) in [5, 5.41) is 3.40. The maximum Gasteiger partial charge on any atom is 0.127 e. The van der Waals surface area contributed by atoms with Crippen molar-refractivity contribution in [2.24, 2.45) is 0 Å². The monoisotopic (exact) mass is 295 g/mol. The molecule has 0 aliphatic rings. The molecule has 0 saturated heterocycles. The zero-order valence-corrected chi connectivity index (χ0v) is 13.6. The van der Waals surface area contributed by atoms with E-state index in [9.17, 15) is 0 Å². The van der Waals surface area contributed by atoms with Crippen LogP contribution in [0.2, 0.25) is 0 Å². The molecule has 4 heteroatoms. The Morgan fingerprint density at radius 1 is 0.952 bits per heavy atom. The van der Waals surface area contributed by atoms with E-state index in [0.717, 1.165) is 49.6 Å². The van der Waals surface area contributed by atoms with Crippen molar-refractivity contribution in [3.63, 3.8) is 0 Å². The van der Waals surface area contributed by atoms with Gasteiger partial charge in [-0.25, -0.2) is 0 Å². The normalized spacial score (nSPS) is 10.6. The minimum Gasteiger partial charge on any atom is -0.493 e. The van der Waals surface area contributed by atoms with E-state index in [4.69, 9.17) is 14.2 Å². The Bertz CT molecular complexity index is 382. The molecule has 0 radical (unpaired) electrons. The van der Waals surface area contributed by atoms with Crippen molar-refractivity contribution in [3.8, 4) is 11.5 Å². The van der Waals surface area contributed by atoms with Gasteiger partial charge in [-0.1, -0.05) is 19.9 Å². The summed E-state index contributed by atoms with van der Waals surface area (Å²) in [7, 11) is 0. The van der Waals surface area contributed by atoms with Crippen molar-refractivity contribution < 1.29 is 14.2 Å². The Kier molecular flexibility index (Phi) is 9.66. The predicted molar refractivity (Wildman–Crippen MR) is 86.2 cm³/mol. The van der Waals surface area contributed by atoms with Crippen LogP contribution in [0.4, 0.5) is 0 Å². The molecule has 0 aliphatic carbocycles. The molecule has 21 heavy (non-hydrogen) atoms. The summed E-state index contributed by atoms with van der Waals surface area (Å²) < 4.78 is 16.8. The number of ether oxygens (including phenoxy) is 3. The molecule has 0 spiro atoms. The Morgan fingerprint density at radius 3 is 2.52 bits per heavy atom. The van der Waals surface area contributed by atoms with Crippen LogP contribution in [-0.4, -0.2) is 33.0 Å². The van der Waals surface area contributed by atoms with E-state index in [0.29, 0.717) is 19.8 Å². The van der Waals surface area contributed by atoms with Crippen molar-refractivity contribution in [3.05, 3.63) is 23.8 Å². The van der Waals surface area contributed by atoms with Crippen molar-refractivity contribution in [2.75, 3.05) is 33.0 Å². The average Bonchev–Trinajstić information content (AvgIpc) is 2.51. The SMILES string of the molecule is CCCNCc1ccc(OCCC)cc1OCCOCC. The van der Waals surface area contributed by atoms with Crippen LogP contribution >= 0.6 is 0 Å². The lowest BCUT2D eigenvalue weighted by molar-refractivity contribution is 0.109. The second-order valence-corrected chi connectivity index (χ2v) is 4.84. The zero-order valence-electron chi connectivity index (χ0n) is 13.6. The molecule has 0 saturated carbocycles. The fourth-order valence-electron chi connectivity index (χ4n) is 1.88. The predicted octanol–water partition coefficient (Wildman–Crippen LogP) is 3.39. The highest BCUT2D eigenvalue weighted by molar-refractivity contribution is 5.40. The van der Waals surface area contributed by atoms with Crippen molar-refractivity contribution in [1.29, 1.82) is 0 Å². The number of nitrogens with one attached hydrogen (secondary N) is 1. The van der Waals surface area contributed by atoms with Crippen molar-refractivity contribution >= 4 is 0 Å². The molecule has 0 atom stereocenters. The summed E-state index contributed by atoms with van der Waals surface area (Å²) in [6.07, 6.45) is 2.12.